The summed E-state index contributed by atoms with van der Waals surface area (Å²) in [6, 6.07) is 7.45. The van der Waals surface area contributed by atoms with E-state index in [0.717, 1.165) is 12.5 Å². The number of nitrogens with one attached hydrogen (secondary N) is 1. The SMILES string of the molecule is CC1Cc2ccc(Br)cc2CN1CC1CCNCC1. The van der Waals surface area contributed by atoms with Crippen LogP contribution in [0.15, 0.2) is 22.7 Å². The molecule has 1 unspecified atom stereocenters. The van der Waals surface area contributed by atoms with Crippen LogP contribution in [0.4, 0.5) is 0 Å². The number of rotatable bonds is 2. The zero-order valence-electron chi connectivity index (χ0n) is 11.7. The Morgan fingerprint density at radius 3 is 2.84 bits per heavy atom. The molecule has 1 N–H and O–H groups in total. The molecule has 3 heteroatoms. The number of nitrogens with zero attached hydrogens (tertiary/aromatic N) is 1. The molecule has 1 saturated heterocycles. The highest BCUT2D eigenvalue weighted by molar-refractivity contribution is 9.10. The lowest BCUT2D eigenvalue weighted by molar-refractivity contribution is 0.141. The van der Waals surface area contributed by atoms with Crippen molar-refractivity contribution in [1.82, 2.24) is 10.2 Å². The van der Waals surface area contributed by atoms with E-state index in [2.05, 4.69) is 51.3 Å². The smallest absolute Gasteiger partial charge is 0.0239 e. The molecule has 1 aromatic carbocycles. The summed E-state index contributed by atoms with van der Waals surface area (Å²) in [6.45, 7) is 7.19. The molecule has 3 rings (SSSR count). The third kappa shape index (κ3) is 3.21. The molecule has 19 heavy (non-hydrogen) atoms. The molecule has 0 aromatic heterocycles. The molecule has 0 spiro atoms. The van der Waals surface area contributed by atoms with E-state index in [1.807, 2.05) is 0 Å². The molecule has 104 valence electrons. The maximum absolute atomic E-state index is 3.60. The van der Waals surface area contributed by atoms with Gasteiger partial charge in [0.05, 0.1) is 0 Å². The topological polar surface area (TPSA) is 15.3 Å². The van der Waals surface area contributed by atoms with E-state index in [1.165, 1.54) is 54.5 Å². The van der Waals surface area contributed by atoms with E-state index in [0.29, 0.717) is 6.04 Å². The first-order valence-corrected chi connectivity index (χ1v) is 8.24. The van der Waals surface area contributed by atoms with Gasteiger partial charge in [0.25, 0.3) is 0 Å². The first-order chi connectivity index (χ1) is 9.22. The van der Waals surface area contributed by atoms with Crippen molar-refractivity contribution in [2.75, 3.05) is 19.6 Å². The second-order valence-electron chi connectivity index (χ2n) is 6.09. The van der Waals surface area contributed by atoms with E-state index >= 15 is 0 Å². The fourth-order valence-corrected chi connectivity index (χ4v) is 3.81. The summed E-state index contributed by atoms with van der Waals surface area (Å²) in [5.74, 6) is 0.886. The molecular weight excluding hydrogens is 300 g/mol. The van der Waals surface area contributed by atoms with Gasteiger partial charge in [-0.3, -0.25) is 4.90 Å². The number of piperidine rings is 1. The summed E-state index contributed by atoms with van der Waals surface area (Å²) >= 11 is 3.60. The van der Waals surface area contributed by atoms with Crippen LogP contribution >= 0.6 is 15.9 Å². The Labute approximate surface area is 124 Å². The van der Waals surface area contributed by atoms with Crippen LogP contribution < -0.4 is 5.32 Å². The van der Waals surface area contributed by atoms with E-state index in [9.17, 15) is 0 Å². The molecule has 0 bridgehead atoms. The molecule has 2 aliphatic heterocycles. The van der Waals surface area contributed by atoms with Gasteiger partial charge in [-0.2, -0.15) is 0 Å². The molecule has 0 saturated carbocycles. The predicted molar refractivity (Wildman–Crippen MR) is 83.3 cm³/mol. The second-order valence-corrected chi connectivity index (χ2v) is 7.00. The van der Waals surface area contributed by atoms with E-state index in [4.69, 9.17) is 0 Å². The van der Waals surface area contributed by atoms with Crippen molar-refractivity contribution in [3.63, 3.8) is 0 Å². The standard InChI is InChI=1S/C16H23BrN2/c1-12-8-14-2-3-16(17)9-15(14)11-19(12)10-13-4-6-18-7-5-13/h2-3,9,12-13,18H,4-8,10-11H2,1H3. The van der Waals surface area contributed by atoms with Gasteiger partial charge in [0.1, 0.15) is 0 Å². The number of halogens is 1. The highest BCUT2D eigenvalue weighted by atomic mass is 79.9. The van der Waals surface area contributed by atoms with Crippen LogP contribution in [-0.4, -0.2) is 30.6 Å². The quantitative estimate of drug-likeness (QED) is 0.899. The van der Waals surface area contributed by atoms with Gasteiger partial charge in [-0.05, 0) is 68.5 Å². The summed E-state index contributed by atoms with van der Waals surface area (Å²) in [4.78, 5) is 2.69. The lowest BCUT2D eigenvalue weighted by Gasteiger charge is -2.38. The van der Waals surface area contributed by atoms with Crippen molar-refractivity contribution in [2.24, 2.45) is 5.92 Å². The lowest BCUT2D eigenvalue weighted by atomic mass is 9.91. The van der Waals surface area contributed by atoms with Gasteiger partial charge in [0.15, 0.2) is 0 Å². The monoisotopic (exact) mass is 322 g/mol. The van der Waals surface area contributed by atoms with Crippen molar-refractivity contribution < 1.29 is 0 Å². The van der Waals surface area contributed by atoms with Crippen molar-refractivity contribution in [2.45, 2.75) is 38.8 Å². The molecule has 1 atom stereocenters. The number of hydrogen-bond donors (Lipinski definition) is 1. The van der Waals surface area contributed by atoms with Crippen molar-refractivity contribution in [3.8, 4) is 0 Å². The minimum absolute atomic E-state index is 0.684. The molecule has 0 aliphatic carbocycles. The first kappa shape index (κ1) is 13.6. The first-order valence-electron chi connectivity index (χ1n) is 7.44. The van der Waals surface area contributed by atoms with Crippen LogP contribution in [0.3, 0.4) is 0 Å². The average molecular weight is 323 g/mol. The highest BCUT2D eigenvalue weighted by Crippen LogP contribution is 2.27. The van der Waals surface area contributed by atoms with E-state index < -0.39 is 0 Å². The Morgan fingerprint density at radius 1 is 1.26 bits per heavy atom. The Morgan fingerprint density at radius 2 is 2.05 bits per heavy atom. The molecule has 1 aromatic rings. The zero-order valence-corrected chi connectivity index (χ0v) is 13.2. The molecule has 0 amide bonds. The number of benzene rings is 1. The van der Waals surface area contributed by atoms with Crippen LogP contribution in [0.5, 0.6) is 0 Å². The fourth-order valence-electron chi connectivity index (χ4n) is 3.40. The normalized spacial score (nSPS) is 25.3. The number of fused-ring (bicyclic) bond motifs is 1. The van der Waals surface area contributed by atoms with Gasteiger partial charge in [0, 0.05) is 23.6 Å². The van der Waals surface area contributed by atoms with E-state index in [1.54, 1.807) is 0 Å². The van der Waals surface area contributed by atoms with Gasteiger partial charge in [0.2, 0.25) is 0 Å². The molecule has 0 radical (unpaired) electrons. The Kier molecular flexibility index (Phi) is 4.25. The summed E-state index contributed by atoms with van der Waals surface area (Å²) in [7, 11) is 0. The average Bonchev–Trinajstić information content (AvgIpc) is 2.41. The van der Waals surface area contributed by atoms with Gasteiger partial charge in [-0.15, -0.1) is 0 Å². The van der Waals surface area contributed by atoms with Gasteiger partial charge in [-0.25, -0.2) is 0 Å². The molecular formula is C16H23BrN2. The minimum atomic E-state index is 0.684. The van der Waals surface area contributed by atoms with Gasteiger partial charge < -0.3 is 5.32 Å². The van der Waals surface area contributed by atoms with Gasteiger partial charge in [-0.1, -0.05) is 22.0 Å². The third-order valence-corrected chi connectivity index (χ3v) is 5.13. The predicted octanol–water partition coefficient (Wildman–Crippen LogP) is 3.20. The Hall–Kier alpha value is -0.380. The summed E-state index contributed by atoms with van der Waals surface area (Å²) in [5.41, 5.74) is 3.05. The molecule has 1 fully saturated rings. The minimum Gasteiger partial charge on any atom is -0.317 e. The van der Waals surface area contributed by atoms with Gasteiger partial charge >= 0.3 is 0 Å². The second kappa shape index (κ2) is 5.94. The maximum atomic E-state index is 3.60. The van der Waals surface area contributed by atoms with Crippen LogP contribution in [0.2, 0.25) is 0 Å². The van der Waals surface area contributed by atoms with E-state index in [-0.39, 0.29) is 0 Å². The number of hydrogen-bond acceptors (Lipinski definition) is 2. The summed E-state index contributed by atoms with van der Waals surface area (Å²) in [6.07, 6.45) is 3.89. The fraction of sp³-hybridized carbons (Fsp3) is 0.625. The highest BCUT2D eigenvalue weighted by Gasteiger charge is 2.25. The molecule has 2 nitrogen and oxygen atoms in total. The Balaban J connectivity index is 1.69. The maximum Gasteiger partial charge on any atom is 0.0239 e. The molecule has 2 heterocycles. The third-order valence-electron chi connectivity index (χ3n) is 4.63. The van der Waals surface area contributed by atoms with Crippen LogP contribution in [0, 0.1) is 5.92 Å². The summed E-state index contributed by atoms with van der Waals surface area (Å²) < 4.78 is 1.21. The van der Waals surface area contributed by atoms with Crippen LogP contribution in [0.1, 0.15) is 30.9 Å². The summed E-state index contributed by atoms with van der Waals surface area (Å²) in [5, 5.41) is 3.46. The Bertz CT molecular complexity index is 440. The van der Waals surface area contributed by atoms with Crippen molar-refractivity contribution >= 4 is 15.9 Å². The zero-order chi connectivity index (χ0) is 13.2. The van der Waals surface area contributed by atoms with Crippen molar-refractivity contribution in [1.29, 1.82) is 0 Å². The van der Waals surface area contributed by atoms with Crippen LogP contribution in [-0.2, 0) is 13.0 Å². The van der Waals surface area contributed by atoms with Crippen molar-refractivity contribution in [3.05, 3.63) is 33.8 Å². The van der Waals surface area contributed by atoms with Crippen LogP contribution in [0.25, 0.3) is 0 Å². The largest absolute Gasteiger partial charge is 0.317 e. The lowest BCUT2D eigenvalue weighted by Crippen LogP contribution is -2.43. The molecule has 2 aliphatic rings.